The smallest absolute Gasteiger partial charge is 0.223 e. The SMILES string of the molecule is CC(=O)N(CCNC(=O)C1CCOCC1)Cc1cccnc1. The Bertz CT molecular complexity index is 487. The molecule has 2 amide bonds. The van der Waals surface area contributed by atoms with Crippen molar-refractivity contribution in [3.8, 4) is 0 Å². The van der Waals surface area contributed by atoms with E-state index in [9.17, 15) is 9.59 Å². The van der Waals surface area contributed by atoms with Gasteiger partial charge in [0.1, 0.15) is 0 Å². The quantitative estimate of drug-likeness (QED) is 0.850. The summed E-state index contributed by atoms with van der Waals surface area (Å²) in [6.07, 6.45) is 5.00. The predicted molar refractivity (Wildman–Crippen MR) is 81.9 cm³/mol. The van der Waals surface area contributed by atoms with Gasteiger partial charge < -0.3 is 15.0 Å². The van der Waals surface area contributed by atoms with Gasteiger partial charge in [0.25, 0.3) is 0 Å². The topological polar surface area (TPSA) is 71.5 Å². The van der Waals surface area contributed by atoms with Crippen molar-refractivity contribution in [3.63, 3.8) is 0 Å². The summed E-state index contributed by atoms with van der Waals surface area (Å²) >= 11 is 0. The van der Waals surface area contributed by atoms with E-state index in [1.807, 2.05) is 12.1 Å². The van der Waals surface area contributed by atoms with E-state index in [-0.39, 0.29) is 17.7 Å². The summed E-state index contributed by atoms with van der Waals surface area (Å²) in [5.74, 6) is 0.0928. The fourth-order valence-corrected chi connectivity index (χ4v) is 2.48. The Morgan fingerprint density at radius 3 is 2.82 bits per heavy atom. The first kappa shape index (κ1) is 16.4. The summed E-state index contributed by atoms with van der Waals surface area (Å²) in [6.45, 7) is 4.32. The summed E-state index contributed by atoms with van der Waals surface area (Å²) in [5.41, 5.74) is 0.980. The molecule has 1 aliphatic heterocycles. The van der Waals surface area contributed by atoms with E-state index in [2.05, 4.69) is 10.3 Å². The van der Waals surface area contributed by atoms with Gasteiger partial charge in [-0.15, -0.1) is 0 Å². The molecule has 0 spiro atoms. The molecule has 1 aromatic rings. The predicted octanol–water partition coefficient (Wildman–Crippen LogP) is 0.973. The fourth-order valence-electron chi connectivity index (χ4n) is 2.48. The highest BCUT2D eigenvalue weighted by Gasteiger charge is 2.21. The van der Waals surface area contributed by atoms with Crippen molar-refractivity contribution in [2.24, 2.45) is 5.92 Å². The second-order valence-electron chi connectivity index (χ2n) is 5.48. The van der Waals surface area contributed by atoms with Gasteiger partial charge >= 0.3 is 0 Å². The Kier molecular flexibility index (Phi) is 6.33. The van der Waals surface area contributed by atoms with Crippen LogP contribution in [-0.4, -0.2) is 48.0 Å². The summed E-state index contributed by atoms with van der Waals surface area (Å²) in [7, 11) is 0. The van der Waals surface area contributed by atoms with Gasteiger partial charge in [0.15, 0.2) is 0 Å². The Morgan fingerprint density at radius 2 is 2.18 bits per heavy atom. The Balaban J connectivity index is 1.77. The van der Waals surface area contributed by atoms with Crippen LogP contribution in [0.5, 0.6) is 0 Å². The number of pyridine rings is 1. The number of carbonyl (C=O) groups is 2. The molecule has 1 fully saturated rings. The zero-order chi connectivity index (χ0) is 15.8. The van der Waals surface area contributed by atoms with Crippen molar-refractivity contribution in [3.05, 3.63) is 30.1 Å². The third-order valence-corrected chi connectivity index (χ3v) is 3.81. The molecule has 0 aliphatic carbocycles. The molecule has 0 saturated carbocycles. The maximum absolute atomic E-state index is 12.0. The molecule has 120 valence electrons. The molecule has 0 atom stereocenters. The summed E-state index contributed by atoms with van der Waals surface area (Å²) in [4.78, 5) is 29.5. The monoisotopic (exact) mass is 305 g/mol. The van der Waals surface area contributed by atoms with Crippen LogP contribution < -0.4 is 5.32 Å². The van der Waals surface area contributed by atoms with E-state index in [0.717, 1.165) is 18.4 Å². The van der Waals surface area contributed by atoms with Crippen LogP contribution >= 0.6 is 0 Å². The number of ether oxygens (including phenoxy) is 1. The van der Waals surface area contributed by atoms with Crippen molar-refractivity contribution < 1.29 is 14.3 Å². The van der Waals surface area contributed by atoms with E-state index in [0.29, 0.717) is 32.8 Å². The van der Waals surface area contributed by atoms with Crippen LogP contribution in [0, 0.1) is 5.92 Å². The molecule has 6 heteroatoms. The third kappa shape index (κ3) is 5.11. The fraction of sp³-hybridized carbons (Fsp3) is 0.562. The van der Waals surface area contributed by atoms with Crippen LogP contribution in [0.25, 0.3) is 0 Å². The summed E-state index contributed by atoms with van der Waals surface area (Å²) in [6, 6.07) is 3.78. The molecule has 1 N–H and O–H groups in total. The first-order valence-electron chi connectivity index (χ1n) is 7.66. The Hall–Kier alpha value is -1.95. The normalized spacial score (nSPS) is 15.3. The highest BCUT2D eigenvalue weighted by Crippen LogP contribution is 2.14. The molecule has 2 heterocycles. The van der Waals surface area contributed by atoms with E-state index >= 15 is 0 Å². The lowest BCUT2D eigenvalue weighted by molar-refractivity contribution is -0.131. The number of hydrogen-bond acceptors (Lipinski definition) is 4. The number of nitrogens with one attached hydrogen (secondary N) is 1. The highest BCUT2D eigenvalue weighted by atomic mass is 16.5. The second kappa shape index (κ2) is 8.48. The standard InChI is InChI=1S/C16H23N3O3/c1-13(20)19(12-14-3-2-6-17-11-14)8-7-18-16(21)15-4-9-22-10-5-15/h2-3,6,11,15H,4-5,7-10,12H2,1H3,(H,18,21). The maximum Gasteiger partial charge on any atom is 0.223 e. The van der Waals surface area contributed by atoms with E-state index in [4.69, 9.17) is 4.74 Å². The molecule has 22 heavy (non-hydrogen) atoms. The van der Waals surface area contributed by atoms with Crippen molar-refractivity contribution in [1.82, 2.24) is 15.2 Å². The van der Waals surface area contributed by atoms with Gasteiger partial charge in [0.2, 0.25) is 11.8 Å². The number of aromatic nitrogens is 1. The average Bonchev–Trinajstić information content (AvgIpc) is 2.55. The average molecular weight is 305 g/mol. The molecule has 1 saturated heterocycles. The van der Waals surface area contributed by atoms with E-state index in [1.54, 1.807) is 17.3 Å². The van der Waals surface area contributed by atoms with Gasteiger partial charge in [-0.3, -0.25) is 14.6 Å². The number of rotatable bonds is 6. The van der Waals surface area contributed by atoms with Gasteiger partial charge in [0, 0.05) is 58.1 Å². The molecule has 1 aromatic heterocycles. The molecule has 1 aliphatic rings. The number of nitrogens with zero attached hydrogens (tertiary/aromatic N) is 2. The summed E-state index contributed by atoms with van der Waals surface area (Å²) in [5, 5.41) is 2.92. The molecule has 0 unspecified atom stereocenters. The maximum atomic E-state index is 12.0. The summed E-state index contributed by atoms with van der Waals surface area (Å²) < 4.78 is 5.25. The minimum atomic E-state index is -0.0100. The van der Waals surface area contributed by atoms with E-state index < -0.39 is 0 Å². The van der Waals surface area contributed by atoms with Crippen molar-refractivity contribution in [1.29, 1.82) is 0 Å². The minimum Gasteiger partial charge on any atom is -0.381 e. The van der Waals surface area contributed by atoms with Crippen molar-refractivity contribution >= 4 is 11.8 Å². The molecular weight excluding hydrogens is 282 g/mol. The molecule has 0 radical (unpaired) electrons. The van der Waals surface area contributed by atoms with Crippen LogP contribution in [0.1, 0.15) is 25.3 Å². The lowest BCUT2D eigenvalue weighted by atomic mass is 9.99. The van der Waals surface area contributed by atoms with Crippen LogP contribution in [0.3, 0.4) is 0 Å². The number of hydrogen-bond donors (Lipinski definition) is 1. The number of carbonyl (C=O) groups excluding carboxylic acids is 2. The minimum absolute atomic E-state index is 0.0100. The number of amides is 2. The lowest BCUT2D eigenvalue weighted by Crippen LogP contribution is -2.40. The van der Waals surface area contributed by atoms with Gasteiger partial charge in [-0.2, -0.15) is 0 Å². The molecule has 2 rings (SSSR count). The lowest BCUT2D eigenvalue weighted by Gasteiger charge is -2.24. The molecular formula is C16H23N3O3. The van der Waals surface area contributed by atoms with Gasteiger partial charge in [-0.05, 0) is 24.5 Å². The van der Waals surface area contributed by atoms with Crippen LogP contribution in [-0.2, 0) is 20.9 Å². The van der Waals surface area contributed by atoms with Gasteiger partial charge in [-0.1, -0.05) is 6.07 Å². The largest absolute Gasteiger partial charge is 0.381 e. The van der Waals surface area contributed by atoms with Gasteiger partial charge in [0.05, 0.1) is 0 Å². The zero-order valence-electron chi connectivity index (χ0n) is 13.0. The first-order valence-corrected chi connectivity index (χ1v) is 7.66. The van der Waals surface area contributed by atoms with Crippen LogP contribution in [0.4, 0.5) is 0 Å². The Morgan fingerprint density at radius 1 is 1.41 bits per heavy atom. The highest BCUT2D eigenvalue weighted by molar-refractivity contribution is 5.78. The second-order valence-corrected chi connectivity index (χ2v) is 5.48. The zero-order valence-corrected chi connectivity index (χ0v) is 13.0. The van der Waals surface area contributed by atoms with Crippen LogP contribution in [0.2, 0.25) is 0 Å². The molecule has 0 aromatic carbocycles. The Labute approximate surface area is 130 Å². The van der Waals surface area contributed by atoms with Gasteiger partial charge in [-0.25, -0.2) is 0 Å². The third-order valence-electron chi connectivity index (χ3n) is 3.81. The first-order chi connectivity index (χ1) is 10.7. The van der Waals surface area contributed by atoms with E-state index in [1.165, 1.54) is 6.92 Å². The van der Waals surface area contributed by atoms with Crippen LogP contribution in [0.15, 0.2) is 24.5 Å². The molecule has 6 nitrogen and oxygen atoms in total. The molecule has 0 bridgehead atoms. The van der Waals surface area contributed by atoms with Crippen molar-refractivity contribution in [2.45, 2.75) is 26.3 Å². The van der Waals surface area contributed by atoms with Crippen molar-refractivity contribution in [2.75, 3.05) is 26.3 Å².